The molecule has 0 aliphatic heterocycles. The number of aliphatic hydroxyl groups is 1. The van der Waals surface area contributed by atoms with Gasteiger partial charge in [-0.3, -0.25) is 0 Å². The lowest BCUT2D eigenvalue weighted by molar-refractivity contribution is 0.0697. The molecule has 0 saturated heterocycles. The smallest absolute Gasteiger partial charge is 0.101 e. The molecule has 1 atom stereocenters. The molecule has 2 nitrogen and oxygen atoms in total. The summed E-state index contributed by atoms with van der Waals surface area (Å²) in [6.45, 7) is 2.26. The summed E-state index contributed by atoms with van der Waals surface area (Å²) in [7, 11) is 1.66. The SMILES string of the molecule is COC(CO)C1=C(C)CCCC1. The molecular weight excluding hydrogens is 152 g/mol. The fourth-order valence-corrected chi connectivity index (χ4v) is 1.84. The molecule has 1 unspecified atom stereocenters. The van der Waals surface area contributed by atoms with Crippen molar-refractivity contribution in [3.63, 3.8) is 0 Å². The van der Waals surface area contributed by atoms with Crippen LogP contribution in [-0.4, -0.2) is 24.9 Å². The van der Waals surface area contributed by atoms with Gasteiger partial charge in [0.05, 0.1) is 6.61 Å². The molecule has 0 heterocycles. The molecule has 0 spiro atoms. The molecule has 12 heavy (non-hydrogen) atoms. The van der Waals surface area contributed by atoms with Crippen molar-refractivity contribution in [3.8, 4) is 0 Å². The number of aliphatic hydroxyl groups excluding tert-OH is 1. The average Bonchev–Trinajstić information content (AvgIpc) is 2.10. The first kappa shape index (κ1) is 9.75. The lowest BCUT2D eigenvalue weighted by Crippen LogP contribution is -2.21. The first-order valence-electron chi connectivity index (χ1n) is 4.61. The molecule has 0 amide bonds. The third-order valence-electron chi connectivity index (χ3n) is 2.64. The van der Waals surface area contributed by atoms with E-state index in [0.29, 0.717) is 0 Å². The molecule has 70 valence electrons. The number of methoxy groups -OCH3 is 1. The Hall–Kier alpha value is -0.340. The number of hydrogen-bond acceptors (Lipinski definition) is 2. The van der Waals surface area contributed by atoms with E-state index in [2.05, 4.69) is 6.92 Å². The van der Waals surface area contributed by atoms with E-state index in [1.54, 1.807) is 7.11 Å². The molecule has 0 saturated carbocycles. The fourth-order valence-electron chi connectivity index (χ4n) is 1.84. The van der Waals surface area contributed by atoms with E-state index in [9.17, 15) is 0 Å². The van der Waals surface area contributed by atoms with Gasteiger partial charge in [-0.1, -0.05) is 5.57 Å². The highest BCUT2D eigenvalue weighted by molar-refractivity contribution is 5.19. The van der Waals surface area contributed by atoms with E-state index >= 15 is 0 Å². The molecule has 0 radical (unpaired) electrons. The van der Waals surface area contributed by atoms with Crippen molar-refractivity contribution < 1.29 is 9.84 Å². The summed E-state index contributed by atoms with van der Waals surface area (Å²) in [6.07, 6.45) is 4.76. The minimum atomic E-state index is -0.0506. The zero-order valence-corrected chi connectivity index (χ0v) is 7.97. The van der Waals surface area contributed by atoms with Crippen molar-refractivity contribution in [2.45, 2.75) is 38.7 Å². The topological polar surface area (TPSA) is 29.5 Å². The van der Waals surface area contributed by atoms with E-state index in [-0.39, 0.29) is 12.7 Å². The van der Waals surface area contributed by atoms with Gasteiger partial charge in [-0.25, -0.2) is 0 Å². The van der Waals surface area contributed by atoms with Crippen LogP contribution in [-0.2, 0) is 4.74 Å². The maximum absolute atomic E-state index is 9.04. The molecule has 1 aliphatic carbocycles. The van der Waals surface area contributed by atoms with Gasteiger partial charge < -0.3 is 9.84 Å². The van der Waals surface area contributed by atoms with Crippen LogP contribution in [0.3, 0.4) is 0 Å². The fraction of sp³-hybridized carbons (Fsp3) is 0.800. The summed E-state index contributed by atoms with van der Waals surface area (Å²) in [5, 5.41) is 9.04. The van der Waals surface area contributed by atoms with E-state index in [1.807, 2.05) is 0 Å². The van der Waals surface area contributed by atoms with Crippen LogP contribution in [0.15, 0.2) is 11.1 Å². The minimum absolute atomic E-state index is 0.0506. The summed E-state index contributed by atoms with van der Waals surface area (Å²) in [5.74, 6) is 0. The third kappa shape index (κ3) is 2.08. The van der Waals surface area contributed by atoms with Gasteiger partial charge in [0.1, 0.15) is 6.10 Å². The molecule has 0 bridgehead atoms. The van der Waals surface area contributed by atoms with Crippen LogP contribution in [0.2, 0.25) is 0 Å². The van der Waals surface area contributed by atoms with Gasteiger partial charge in [0.25, 0.3) is 0 Å². The van der Waals surface area contributed by atoms with E-state index in [4.69, 9.17) is 9.84 Å². The highest BCUT2D eigenvalue weighted by atomic mass is 16.5. The standard InChI is InChI=1S/C10H18O2/c1-8-5-3-4-6-9(8)10(7-11)12-2/h10-11H,3-7H2,1-2H3. The van der Waals surface area contributed by atoms with Gasteiger partial charge in [0.2, 0.25) is 0 Å². The summed E-state index contributed by atoms with van der Waals surface area (Å²) < 4.78 is 5.20. The van der Waals surface area contributed by atoms with Crippen LogP contribution in [0, 0.1) is 0 Å². The Morgan fingerprint density at radius 1 is 1.42 bits per heavy atom. The molecule has 1 N–H and O–H groups in total. The largest absolute Gasteiger partial charge is 0.393 e. The first-order valence-corrected chi connectivity index (χ1v) is 4.61. The average molecular weight is 170 g/mol. The molecule has 0 fully saturated rings. The van der Waals surface area contributed by atoms with Crippen LogP contribution in [0.5, 0.6) is 0 Å². The first-order chi connectivity index (χ1) is 5.79. The maximum Gasteiger partial charge on any atom is 0.101 e. The number of hydrogen-bond donors (Lipinski definition) is 1. The Morgan fingerprint density at radius 2 is 2.08 bits per heavy atom. The van der Waals surface area contributed by atoms with Gasteiger partial charge >= 0.3 is 0 Å². The minimum Gasteiger partial charge on any atom is -0.393 e. The highest BCUT2D eigenvalue weighted by Crippen LogP contribution is 2.27. The maximum atomic E-state index is 9.04. The van der Waals surface area contributed by atoms with Gasteiger partial charge in [-0.05, 0) is 38.2 Å². The molecule has 0 aromatic carbocycles. The third-order valence-corrected chi connectivity index (χ3v) is 2.64. The van der Waals surface area contributed by atoms with Gasteiger partial charge in [0, 0.05) is 7.11 Å². The predicted molar refractivity (Wildman–Crippen MR) is 49.1 cm³/mol. The van der Waals surface area contributed by atoms with Crippen LogP contribution >= 0.6 is 0 Å². The summed E-state index contributed by atoms with van der Waals surface area (Å²) >= 11 is 0. The highest BCUT2D eigenvalue weighted by Gasteiger charge is 2.17. The Kier molecular flexibility index (Phi) is 3.76. The van der Waals surface area contributed by atoms with E-state index < -0.39 is 0 Å². The van der Waals surface area contributed by atoms with Crippen molar-refractivity contribution >= 4 is 0 Å². The second-order valence-corrected chi connectivity index (χ2v) is 3.42. The number of ether oxygens (including phenoxy) is 1. The predicted octanol–water partition coefficient (Wildman–Crippen LogP) is 1.88. The van der Waals surface area contributed by atoms with Crippen LogP contribution in [0.25, 0.3) is 0 Å². The Balaban J connectivity index is 2.68. The molecule has 1 rings (SSSR count). The second kappa shape index (κ2) is 4.63. The second-order valence-electron chi connectivity index (χ2n) is 3.42. The van der Waals surface area contributed by atoms with Crippen molar-refractivity contribution in [1.82, 2.24) is 0 Å². The lowest BCUT2D eigenvalue weighted by Gasteiger charge is -2.23. The number of allylic oxidation sites excluding steroid dienone is 1. The lowest BCUT2D eigenvalue weighted by atomic mass is 9.89. The normalized spacial score (nSPS) is 21.2. The molecular formula is C10H18O2. The van der Waals surface area contributed by atoms with Crippen LogP contribution < -0.4 is 0 Å². The quantitative estimate of drug-likeness (QED) is 0.655. The van der Waals surface area contributed by atoms with Crippen molar-refractivity contribution in [2.24, 2.45) is 0 Å². The molecule has 0 aromatic heterocycles. The summed E-state index contributed by atoms with van der Waals surface area (Å²) in [4.78, 5) is 0. The number of rotatable bonds is 3. The van der Waals surface area contributed by atoms with E-state index in [1.165, 1.54) is 30.4 Å². The van der Waals surface area contributed by atoms with Gasteiger partial charge in [0.15, 0.2) is 0 Å². The van der Waals surface area contributed by atoms with Crippen molar-refractivity contribution in [1.29, 1.82) is 0 Å². The Morgan fingerprint density at radius 3 is 2.58 bits per heavy atom. The van der Waals surface area contributed by atoms with E-state index in [0.717, 1.165) is 6.42 Å². The van der Waals surface area contributed by atoms with Gasteiger partial charge in [-0.15, -0.1) is 0 Å². The summed E-state index contributed by atoms with van der Waals surface area (Å²) in [5.41, 5.74) is 2.74. The zero-order chi connectivity index (χ0) is 8.97. The van der Waals surface area contributed by atoms with Crippen molar-refractivity contribution in [2.75, 3.05) is 13.7 Å². The molecule has 1 aliphatic rings. The molecule has 2 heteroatoms. The molecule has 0 aromatic rings. The van der Waals surface area contributed by atoms with Crippen LogP contribution in [0.1, 0.15) is 32.6 Å². The van der Waals surface area contributed by atoms with Crippen molar-refractivity contribution in [3.05, 3.63) is 11.1 Å². The zero-order valence-electron chi connectivity index (χ0n) is 7.97. The monoisotopic (exact) mass is 170 g/mol. The summed E-state index contributed by atoms with van der Waals surface area (Å²) in [6, 6.07) is 0. The Bertz CT molecular complexity index is 169. The van der Waals surface area contributed by atoms with Gasteiger partial charge in [-0.2, -0.15) is 0 Å². The van der Waals surface area contributed by atoms with Crippen LogP contribution in [0.4, 0.5) is 0 Å². The Labute approximate surface area is 74.2 Å².